The number of piperidine rings is 1. The summed E-state index contributed by atoms with van der Waals surface area (Å²) in [4.78, 5) is 21.7. The third kappa shape index (κ3) is 3.70. The summed E-state index contributed by atoms with van der Waals surface area (Å²) in [6.45, 7) is 6.53. The van der Waals surface area contributed by atoms with Gasteiger partial charge in [-0.2, -0.15) is 0 Å². The van der Waals surface area contributed by atoms with Gasteiger partial charge in [-0.05, 0) is 48.8 Å². The van der Waals surface area contributed by atoms with Crippen LogP contribution in [0.2, 0.25) is 0 Å². The lowest BCUT2D eigenvalue weighted by atomic mass is 9.67. The molecule has 5 nitrogen and oxygen atoms in total. The topological polar surface area (TPSA) is 58.2 Å². The number of H-pyrrole nitrogens is 1. The normalized spacial score (nSPS) is 28.1. The molecule has 150 valence electrons. The summed E-state index contributed by atoms with van der Waals surface area (Å²) < 4.78 is 19.8. The molecule has 2 aromatic rings. The van der Waals surface area contributed by atoms with Crippen LogP contribution in [0.3, 0.4) is 0 Å². The van der Waals surface area contributed by atoms with Gasteiger partial charge in [0.1, 0.15) is 5.82 Å². The van der Waals surface area contributed by atoms with Crippen LogP contribution in [-0.2, 0) is 4.74 Å². The van der Waals surface area contributed by atoms with Gasteiger partial charge in [-0.1, -0.05) is 26.0 Å². The van der Waals surface area contributed by atoms with E-state index in [1.165, 1.54) is 12.1 Å². The smallest absolute Gasteiger partial charge is 0.289 e. The zero-order chi connectivity index (χ0) is 19.7. The Bertz CT molecular complexity index is 806. The number of ether oxygens (including phenoxy) is 1. The number of nitrogens with zero attached hydrogens (tertiary/aromatic N) is 2. The molecule has 0 saturated carbocycles. The van der Waals surface area contributed by atoms with Crippen molar-refractivity contribution in [3.05, 3.63) is 53.9 Å². The highest BCUT2D eigenvalue weighted by molar-refractivity contribution is 5.90. The fourth-order valence-corrected chi connectivity index (χ4v) is 4.83. The number of halogens is 1. The molecule has 3 atom stereocenters. The summed E-state index contributed by atoms with van der Waals surface area (Å²) in [5.41, 5.74) is 1.01. The van der Waals surface area contributed by atoms with Crippen molar-refractivity contribution < 1.29 is 13.9 Å². The Kier molecular flexibility index (Phi) is 5.23. The van der Waals surface area contributed by atoms with Crippen molar-refractivity contribution in [1.29, 1.82) is 0 Å². The largest absolute Gasteiger partial charge is 0.373 e. The van der Waals surface area contributed by atoms with Crippen LogP contribution in [0, 0.1) is 23.1 Å². The molecule has 0 aliphatic carbocycles. The van der Waals surface area contributed by atoms with Crippen molar-refractivity contribution in [1.82, 2.24) is 14.9 Å². The maximum atomic E-state index is 13.3. The van der Waals surface area contributed by atoms with E-state index < -0.39 is 0 Å². The van der Waals surface area contributed by atoms with Crippen LogP contribution in [0.1, 0.15) is 55.4 Å². The van der Waals surface area contributed by atoms with E-state index >= 15 is 0 Å². The van der Waals surface area contributed by atoms with Crippen molar-refractivity contribution >= 4 is 5.91 Å². The molecule has 0 unspecified atom stereocenters. The first-order chi connectivity index (χ1) is 13.5. The minimum atomic E-state index is -0.225. The van der Waals surface area contributed by atoms with Crippen LogP contribution >= 0.6 is 0 Å². The summed E-state index contributed by atoms with van der Waals surface area (Å²) in [5.74, 6) is 0.905. The van der Waals surface area contributed by atoms with Crippen molar-refractivity contribution in [2.24, 2.45) is 17.3 Å². The summed E-state index contributed by atoms with van der Waals surface area (Å²) in [6.07, 6.45) is 6.31. The Morgan fingerprint density at radius 1 is 1.36 bits per heavy atom. The number of carbonyl (C=O) groups is 1. The second-order valence-electron chi connectivity index (χ2n) is 8.66. The Hall–Kier alpha value is -2.21. The minimum Gasteiger partial charge on any atom is -0.373 e. The van der Waals surface area contributed by atoms with Crippen LogP contribution in [0.15, 0.2) is 36.7 Å². The number of benzene rings is 1. The van der Waals surface area contributed by atoms with Crippen LogP contribution in [0.25, 0.3) is 0 Å². The first-order valence-corrected chi connectivity index (χ1v) is 10.1. The molecule has 2 fully saturated rings. The molecule has 2 saturated heterocycles. The Morgan fingerprint density at radius 3 is 2.82 bits per heavy atom. The highest BCUT2D eigenvalue weighted by Crippen LogP contribution is 2.48. The van der Waals surface area contributed by atoms with Crippen molar-refractivity contribution in [3.8, 4) is 0 Å². The lowest BCUT2D eigenvalue weighted by Crippen LogP contribution is -2.52. The van der Waals surface area contributed by atoms with E-state index in [2.05, 4.69) is 23.8 Å². The van der Waals surface area contributed by atoms with Gasteiger partial charge in [0.15, 0.2) is 5.82 Å². The SMILES string of the molecule is CC(C)[C@@H]1C[C@@]2(CCCN(C(=O)c3ncc[nH]3)C2)CO[C@H]1c1ccc(F)cc1. The molecule has 1 spiro atoms. The lowest BCUT2D eigenvalue weighted by Gasteiger charge is -2.50. The molecule has 0 bridgehead atoms. The third-order valence-electron chi connectivity index (χ3n) is 6.33. The third-order valence-corrected chi connectivity index (χ3v) is 6.33. The van der Waals surface area contributed by atoms with Gasteiger partial charge in [0.25, 0.3) is 5.91 Å². The number of nitrogens with one attached hydrogen (secondary N) is 1. The molecule has 2 aliphatic rings. The van der Waals surface area contributed by atoms with Gasteiger partial charge in [-0.25, -0.2) is 9.37 Å². The van der Waals surface area contributed by atoms with Gasteiger partial charge in [0.2, 0.25) is 0 Å². The van der Waals surface area contributed by atoms with E-state index in [-0.39, 0.29) is 23.2 Å². The van der Waals surface area contributed by atoms with Gasteiger partial charge < -0.3 is 14.6 Å². The number of carbonyl (C=O) groups excluding carboxylic acids is 1. The van der Waals surface area contributed by atoms with E-state index in [1.54, 1.807) is 12.4 Å². The van der Waals surface area contributed by atoms with Gasteiger partial charge >= 0.3 is 0 Å². The number of amides is 1. The highest BCUT2D eigenvalue weighted by atomic mass is 19.1. The Morgan fingerprint density at radius 2 is 2.14 bits per heavy atom. The lowest BCUT2D eigenvalue weighted by molar-refractivity contribution is -0.130. The molecule has 1 N–H and O–H groups in total. The van der Waals surface area contributed by atoms with E-state index in [0.717, 1.165) is 31.4 Å². The molecule has 1 aromatic heterocycles. The average molecular weight is 385 g/mol. The number of imidazole rings is 1. The van der Waals surface area contributed by atoms with Gasteiger partial charge in [0, 0.05) is 30.9 Å². The molecule has 4 rings (SSSR count). The van der Waals surface area contributed by atoms with Crippen LogP contribution in [0.4, 0.5) is 4.39 Å². The maximum Gasteiger partial charge on any atom is 0.289 e. The van der Waals surface area contributed by atoms with Crippen LogP contribution in [0.5, 0.6) is 0 Å². The van der Waals surface area contributed by atoms with E-state index in [0.29, 0.717) is 30.8 Å². The summed E-state index contributed by atoms with van der Waals surface area (Å²) in [6, 6.07) is 6.68. The van der Waals surface area contributed by atoms with Crippen molar-refractivity contribution in [2.45, 2.75) is 39.2 Å². The molecular weight excluding hydrogens is 357 g/mol. The van der Waals surface area contributed by atoms with E-state index in [1.807, 2.05) is 17.0 Å². The molecular formula is C22H28FN3O2. The van der Waals surface area contributed by atoms with Gasteiger partial charge in [0.05, 0.1) is 12.7 Å². The zero-order valence-corrected chi connectivity index (χ0v) is 16.5. The molecule has 0 radical (unpaired) electrons. The highest BCUT2D eigenvalue weighted by Gasteiger charge is 2.46. The fraction of sp³-hybridized carbons (Fsp3) is 0.545. The number of hydrogen-bond acceptors (Lipinski definition) is 3. The summed E-state index contributed by atoms with van der Waals surface area (Å²) in [5, 5.41) is 0. The number of likely N-dealkylation sites (tertiary alicyclic amines) is 1. The van der Waals surface area contributed by atoms with Gasteiger partial charge in [-0.15, -0.1) is 0 Å². The first kappa shape index (κ1) is 19.1. The second kappa shape index (κ2) is 7.66. The standard InChI is InChI=1S/C22H28FN3O2/c1-15(2)18-12-22(14-28-19(18)16-4-6-17(23)7-5-16)8-3-11-26(13-22)21(27)20-24-9-10-25-20/h4-7,9-10,15,18-19H,3,8,11-14H2,1-2H3,(H,24,25)/t18-,19-,22+/m0/s1. The minimum absolute atomic E-state index is 0.0219. The van der Waals surface area contributed by atoms with Crippen LogP contribution < -0.4 is 0 Å². The van der Waals surface area contributed by atoms with Crippen LogP contribution in [-0.4, -0.2) is 40.5 Å². The predicted molar refractivity (Wildman–Crippen MR) is 104 cm³/mol. The van der Waals surface area contributed by atoms with Crippen molar-refractivity contribution in [2.75, 3.05) is 19.7 Å². The Balaban J connectivity index is 1.52. The zero-order valence-electron chi connectivity index (χ0n) is 16.5. The predicted octanol–water partition coefficient (Wildman–Crippen LogP) is 4.21. The maximum absolute atomic E-state index is 13.3. The van der Waals surface area contributed by atoms with Gasteiger partial charge in [-0.3, -0.25) is 4.79 Å². The number of aromatic nitrogens is 2. The summed E-state index contributed by atoms with van der Waals surface area (Å²) >= 11 is 0. The van der Waals surface area contributed by atoms with Crippen molar-refractivity contribution in [3.63, 3.8) is 0 Å². The quantitative estimate of drug-likeness (QED) is 0.861. The molecule has 3 heterocycles. The molecule has 2 aliphatic heterocycles. The molecule has 28 heavy (non-hydrogen) atoms. The van der Waals surface area contributed by atoms with E-state index in [4.69, 9.17) is 4.74 Å². The fourth-order valence-electron chi connectivity index (χ4n) is 4.83. The molecule has 6 heteroatoms. The monoisotopic (exact) mass is 385 g/mol. The molecule has 1 amide bonds. The number of hydrogen-bond donors (Lipinski definition) is 1. The number of aromatic amines is 1. The molecule has 1 aromatic carbocycles. The first-order valence-electron chi connectivity index (χ1n) is 10.1. The second-order valence-corrected chi connectivity index (χ2v) is 8.66. The Labute approximate surface area is 165 Å². The number of rotatable bonds is 3. The van der Waals surface area contributed by atoms with E-state index in [9.17, 15) is 9.18 Å². The summed E-state index contributed by atoms with van der Waals surface area (Å²) in [7, 11) is 0. The average Bonchev–Trinajstić information content (AvgIpc) is 3.23.